The topological polar surface area (TPSA) is 53.6 Å². The summed E-state index contributed by atoms with van der Waals surface area (Å²) in [6.07, 6.45) is 10.8. The molecule has 112 valence electrons. The standard InChI is InChI=1S/C17H24N4/c1-17(2)7-3-6-15(9-17)19-11-14-12-20-21-16(14)13-5-4-8-18-10-13/h4-5,8,10,12,15,19H,3,6-7,9,11H2,1-2H3,(H,20,21). The van der Waals surface area contributed by atoms with Crippen molar-refractivity contribution in [2.45, 2.75) is 52.1 Å². The minimum absolute atomic E-state index is 0.471. The number of nitrogens with one attached hydrogen (secondary N) is 2. The zero-order valence-electron chi connectivity index (χ0n) is 12.9. The predicted octanol–water partition coefficient (Wildman–Crippen LogP) is 3.53. The number of aromatic nitrogens is 3. The predicted molar refractivity (Wildman–Crippen MR) is 84.7 cm³/mol. The Morgan fingerprint density at radius 3 is 3.05 bits per heavy atom. The van der Waals surface area contributed by atoms with Crippen LogP contribution in [0.2, 0.25) is 0 Å². The van der Waals surface area contributed by atoms with Gasteiger partial charge in [0.25, 0.3) is 0 Å². The van der Waals surface area contributed by atoms with Crippen molar-refractivity contribution in [2.75, 3.05) is 0 Å². The lowest BCUT2D eigenvalue weighted by Crippen LogP contribution is -2.36. The maximum atomic E-state index is 4.20. The number of rotatable bonds is 4. The van der Waals surface area contributed by atoms with Gasteiger partial charge < -0.3 is 5.32 Å². The fraction of sp³-hybridized carbons (Fsp3) is 0.529. The SMILES string of the molecule is CC1(C)CCCC(NCc2cn[nH]c2-c2cccnc2)C1. The summed E-state index contributed by atoms with van der Waals surface area (Å²) in [6, 6.07) is 4.63. The van der Waals surface area contributed by atoms with Crippen LogP contribution < -0.4 is 5.32 Å². The second-order valence-corrected chi connectivity index (χ2v) is 6.85. The summed E-state index contributed by atoms with van der Waals surface area (Å²) >= 11 is 0. The average molecular weight is 284 g/mol. The van der Waals surface area contributed by atoms with Gasteiger partial charge in [-0.05, 0) is 36.8 Å². The molecule has 4 nitrogen and oxygen atoms in total. The zero-order chi connectivity index (χ0) is 14.7. The highest BCUT2D eigenvalue weighted by Gasteiger charge is 2.27. The van der Waals surface area contributed by atoms with Crippen LogP contribution in [0.25, 0.3) is 11.3 Å². The molecule has 0 spiro atoms. The van der Waals surface area contributed by atoms with Gasteiger partial charge in [0.05, 0.1) is 11.9 Å². The molecule has 0 radical (unpaired) electrons. The highest BCUT2D eigenvalue weighted by atomic mass is 15.1. The first kappa shape index (κ1) is 14.3. The number of nitrogens with zero attached hydrogens (tertiary/aromatic N) is 2. The van der Waals surface area contributed by atoms with Gasteiger partial charge in [0.1, 0.15) is 0 Å². The summed E-state index contributed by atoms with van der Waals surface area (Å²) in [7, 11) is 0. The Labute approximate surface area is 126 Å². The van der Waals surface area contributed by atoms with E-state index in [-0.39, 0.29) is 0 Å². The van der Waals surface area contributed by atoms with Gasteiger partial charge in [-0.2, -0.15) is 5.10 Å². The van der Waals surface area contributed by atoms with E-state index in [0.717, 1.165) is 17.8 Å². The van der Waals surface area contributed by atoms with Crippen LogP contribution in [0, 0.1) is 5.41 Å². The summed E-state index contributed by atoms with van der Waals surface area (Å²) in [6.45, 7) is 5.61. The Bertz CT molecular complexity index is 573. The van der Waals surface area contributed by atoms with E-state index in [1.807, 2.05) is 18.5 Å². The Morgan fingerprint density at radius 1 is 1.38 bits per heavy atom. The third-order valence-electron chi connectivity index (χ3n) is 4.45. The van der Waals surface area contributed by atoms with Gasteiger partial charge in [0.15, 0.2) is 0 Å². The molecule has 3 rings (SSSR count). The summed E-state index contributed by atoms with van der Waals surface area (Å²) in [5, 5.41) is 11.0. The molecule has 2 aromatic rings. The normalized spacial score (nSPS) is 21.3. The molecular weight excluding hydrogens is 260 g/mol. The number of hydrogen-bond acceptors (Lipinski definition) is 3. The first-order valence-electron chi connectivity index (χ1n) is 7.80. The molecular formula is C17H24N4. The minimum atomic E-state index is 0.471. The van der Waals surface area contributed by atoms with Crippen LogP contribution in [0.15, 0.2) is 30.7 Å². The lowest BCUT2D eigenvalue weighted by atomic mass is 9.75. The Kier molecular flexibility index (Phi) is 4.06. The van der Waals surface area contributed by atoms with E-state index < -0.39 is 0 Å². The highest BCUT2D eigenvalue weighted by molar-refractivity contribution is 5.61. The molecule has 1 atom stereocenters. The summed E-state index contributed by atoms with van der Waals surface area (Å²) in [5.41, 5.74) is 3.85. The first-order valence-corrected chi connectivity index (χ1v) is 7.80. The third-order valence-corrected chi connectivity index (χ3v) is 4.45. The molecule has 2 heterocycles. The van der Waals surface area contributed by atoms with E-state index in [0.29, 0.717) is 11.5 Å². The molecule has 1 aliphatic carbocycles. The first-order chi connectivity index (χ1) is 10.1. The van der Waals surface area contributed by atoms with Crippen molar-refractivity contribution in [1.29, 1.82) is 0 Å². The quantitative estimate of drug-likeness (QED) is 0.903. The summed E-state index contributed by atoms with van der Waals surface area (Å²) < 4.78 is 0. The Balaban J connectivity index is 1.65. The maximum Gasteiger partial charge on any atom is 0.0710 e. The number of aromatic amines is 1. The van der Waals surface area contributed by atoms with Gasteiger partial charge in [0, 0.05) is 36.1 Å². The van der Waals surface area contributed by atoms with Gasteiger partial charge in [0.2, 0.25) is 0 Å². The van der Waals surface area contributed by atoms with E-state index in [4.69, 9.17) is 0 Å². The monoisotopic (exact) mass is 284 g/mol. The second-order valence-electron chi connectivity index (χ2n) is 6.85. The molecule has 0 aliphatic heterocycles. The number of H-pyrrole nitrogens is 1. The molecule has 2 aromatic heterocycles. The Morgan fingerprint density at radius 2 is 2.29 bits per heavy atom. The zero-order valence-corrected chi connectivity index (χ0v) is 12.9. The van der Waals surface area contributed by atoms with E-state index in [2.05, 4.69) is 40.4 Å². The smallest absolute Gasteiger partial charge is 0.0710 e. The highest BCUT2D eigenvalue weighted by Crippen LogP contribution is 2.35. The molecule has 1 saturated carbocycles. The lowest BCUT2D eigenvalue weighted by Gasteiger charge is -2.35. The molecule has 0 aromatic carbocycles. The van der Waals surface area contributed by atoms with Crippen LogP contribution in [0.1, 0.15) is 45.1 Å². The number of pyridine rings is 1. The van der Waals surface area contributed by atoms with Crippen LogP contribution in [0.3, 0.4) is 0 Å². The van der Waals surface area contributed by atoms with Gasteiger partial charge in [-0.15, -0.1) is 0 Å². The molecule has 2 N–H and O–H groups in total. The third kappa shape index (κ3) is 3.50. The molecule has 1 unspecified atom stereocenters. The molecule has 21 heavy (non-hydrogen) atoms. The van der Waals surface area contributed by atoms with Crippen LogP contribution in [-0.4, -0.2) is 21.2 Å². The van der Waals surface area contributed by atoms with Crippen molar-refractivity contribution in [3.05, 3.63) is 36.3 Å². The average Bonchev–Trinajstić information content (AvgIpc) is 2.93. The lowest BCUT2D eigenvalue weighted by molar-refractivity contribution is 0.198. The molecule has 4 heteroatoms. The van der Waals surface area contributed by atoms with E-state index in [9.17, 15) is 0 Å². The summed E-state index contributed by atoms with van der Waals surface area (Å²) in [5.74, 6) is 0. The van der Waals surface area contributed by atoms with Crippen LogP contribution in [0.4, 0.5) is 0 Å². The van der Waals surface area contributed by atoms with Crippen LogP contribution in [-0.2, 0) is 6.54 Å². The minimum Gasteiger partial charge on any atom is -0.310 e. The second kappa shape index (κ2) is 5.98. The Hall–Kier alpha value is -1.68. The molecule has 1 aliphatic rings. The van der Waals surface area contributed by atoms with Gasteiger partial charge in [-0.25, -0.2) is 0 Å². The maximum absolute atomic E-state index is 4.20. The van der Waals surface area contributed by atoms with Gasteiger partial charge in [-0.3, -0.25) is 10.1 Å². The fourth-order valence-corrected chi connectivity index (χ4v) is 3.33. The van der Waals surface area contributed by atoms with Crippen LogP contribution >= 0.6 is 0 Å². The van der Waals surface area contributed by atoms with Gasteiger partial charge in [-0.1, -0.05) is 20.3 Å². The van der Waals surface area contributed by atoms with E-state index in [1.54, 1.807) is 6.20 Å². The van der Waals surface area contributed by atoms with Gasteiger partial charge >= 0.3 is 0 Å². The van der Waals surface area contributed by atoms with Crippen molar-refractivity contribution in [3.63, 3.8) is 0 Å². The number of hydrogen-bond donors (Lipinski definition) is 2. The van der Waals surface area contributed by atoms with Crippen molar-refractivity contribution >= 4 is 0 Å². The van der Waals surface area contributed by atoms with E-state index >= 15 is 0 Å². The molecule has 0 saturated heterocycles. The van der Waals surface area contributed by atoms with E-state index in [1.165, 1.54) is 31.2 Å². The van der Waals surface area contributed by atoms with Crippen molar-refractivity contribution in [1.82, 2.24) is 20.5 Å². The van der Waals surface area contributed by atoms with Crippen molar-refractivity contribution in [2.24, 2.45) is 5.41 Å². The fourth-order valence-electron chi connectivity index (χ4n) is 3.33. The largest absolute Gasteiger partial charge is 0.310 e. The summed E-state index contributed by atoms with van der Waals surface area (Å²) in [4.78, 5) is 4.18. The van der Waals surface area contributed by atoms with Crippen molar-refractivity contribution < 1.29 is 0 Å². The molecule has 0 amide bonds. The molecule has 1 fully saturated rings. The van der Waals surface area contributed by atoms with Crippen LogP contribution in [0.5, 0.6) is 0 Å². The van der Waals surface area contributed by atoms with Crippen molar-refractivity contribution in [3.8, 4) is 11.3 Å². The molecule has 0 bridgehead atoms.